The zero-order valence-corrected chi connectivity index (χ0v) is 9.15. The lowest BCUT2D eigenvalue weighted by molar-refractivity contribution is -0.384. The first kappa shape index (κ1) is 12.4. The van der Waals surface area contributed by atoms with Crippen molar-refractivity contribution < 1.29 is 18.0 Å². The average molecular weight is 190 g/mol. The molecule has 0 rings (SSSR count). The van der Waals surface area contributed by atoms with Crippen LogP contribution in [0.4, 0.5) is 0 Å². The van der Waals surface area contributed by atoms with Crippen LogP contribution in [0.15, 0.2) is 0 Å². The van der Waals surface area contributed by atoms with Crippen molar-refractivity contribution in [3.05, 3.63) is 0 Å². The van der Waals surface area contributed by atoms with E-state index in [0.717, 1.165) is 6.42 Å². The molecule has 0 N–H and O–H groups in total. The number of hydrogen-bond acceptors (Lipinski definition) is 4. The van der Waals surface area contributed by atoms with Crippen LogP contribution >= 0.6 is 0 Å². The van der Waals surface area contributed by atoms with E-state index in [2.05, 4.69) is 16.6 Å². The molecule has 0 aromatic carbocycles. The van der Waals surface area contributed by atoms with Gasteiger partial charge in [0.05, 0.1) is 0 Å². The number of ether oxygens (including phenoxy) is 3. The van der Waals surface area contributed by atoms with Gasteiger partial charge in [-0.2, -0.15) is 0 Å². The molecule has 0 amide bonds. The summed E-state index contributed by atoms with van der Waals surface area (Å²) in [5, 5.41) is 0. The van der Waals surface area contributed by atoms with Crippen molar-refractivity contribution in [2.45, 2.75) is 25.4 Å². The van der Waals surface area contributed by atoms with E-state index < -0.39 is 5.97 Å². The van der Waals surface area contributed by atoms with E-state index in [0.29, 0.717) is 0 Å². The maximum Gasteiger partial charge on any atom is 0.370 e. The summed E-state index contributed by atoms with van der Waals surface area (Å²) >= 11 is 2.17. The normalized spacial score (nSPS) is 14.7. The predicted octanol–water partition coefficient (Wildman–Crippen LogP) is 0.458. The Morgan fingerprint density at radius 3 is 1.67 bits per heavy atom. The Hall–Kier alpha value is 0.372. The summed E-state index contributed by atoms with van der Waals surface area (Å²) in [5.74, 6) is -1.10. The van der Waals surface area contributed by atoms with Gasteiger partial charge < -0.3 is 18.0 Å². The van der Waals surface area contributed by atoms with Crippen LogP contribution in [0.5, 0.6) is 0 Å². The third kappa shape index (κ3) is 2.43. The van der Waals surface area contributed by atoms with Crippen molar-refractivity contribution in [1.82, 2.24) is 0 Å². The lowest BCUT2D eigenvalue weighted by Crippen LogP contribution is -2.48. The fourth-order valence-corrected chi connectivity index (χ4v) is 1.43. The van der Waals surface area contributed by atoms with Crippen molar-refractivity contribution in [2.75, 3.05) is 21.3 Å². The third-order valence-corrected chi connectivity index (χ3v) is 2.11. The van der Waals surface area contributed by atoms with Crippen LogP contribution in [-0.4, -0.2) is 50.0 Å². The number of methoxy groups -OCH3 is 3. The van der Waals surface area contributed by atoms with Crippen LogP contribution in [0.3, 0.4) is 0 Å². The zero-order valence-electron chi connectivity index (χ0n) is 7.99. The molecule has 0 saturated carbocycles. The summed E-state index contributed by atoms with van der Waals surface area (Å²) in [5.41, 5.74) is 0. The molecule has 0 heterocycles. The van der Waals surface area contributed by atoms with Gasteiger partial charge >= 0.3 is 22.6 Å². The molecule has 2 radical (unpaired) electrons. The van der Waals surface area contributed by atoms with Crippen molar-refractivity contribution in [3.63, 3.8) is 0 Å². The van der Waals surface area contributed by atoms with E-state index in [1.807, 2.05) is 6.92 Å². The third-order valence-electron chi connectivity index (χ3n) is 1.78. The van der Waals surface area contributed by atoms with Gasteiger partial charge in [-0.05, 0) is 6.42 Å². The van der Waals surface area contributed by atoms with Gasteiger partial charge in [-0.1, -0.05) is 6.92 Å². The van der Waals surface area contributed by atoms with Crippen LogP contribution in [0.1, 0.15) is 13.3 Å². The Balaban J connectivity index is 4.42. The maximum atomic E-state index is 5.10. The van der Waals surface area contributed by atoms with E-state index in [1.165, 1.54) is 21.3 Å². The molecule has 1 atom stereocenters. The monoisotopic (exact) mass is 190 g/mol. The molecule has 0 aliphatic heterocycles. The summed E-state index contributed by atoms with van der Waals surface area (Å²) in [6.45, 7) is 1.96. The Morgan fingerprint density at radius 1 is 1.17 bits per heavy atom. The highest BCUT2D eigenvalue weighted by Crippen LogP contribution is 2.21. The van der Waals surface area contributed by atoms with E-state index in [1.54, 1.807) is 0 Å². The highest BCUT2D eigenvalue weighted by molar-refractivity contribution is 5.98. The molecule has 0 aromatic heterocycles. The molecular weight excluding hydrogens is 175 g/mol. The second-order valence-corrected chi connectivity index (χ2v) is 2.52. The zero-order chi connectivity index (χ0) is 9.61. The van der Waals surface area contributed by atoms with Gasteiger partial charge in [0.1, 0.15) is 6.10 Å². The summed E-state index contributed by atoms with van der Waals surface area (Å²) in [6.07, 6.45) is 0.474. The molecule has 0 spiro atoms. The number of hydrogen-bond donors (Lipinski definition) is 0. The maximum absolute atomic E-state index is 5.10. The molecule has 0 aliphatic rings. The predicted molar refractivity (Wildman–Crippen MR) is 44.7 cm³/mol. The molecule has 12 heavy (non-hydrogen) atoms. The van der Waals surface area contributed by atoms with Gasteiger partial charge in [0.25, 0.3) is 0 Å². The van der Waals surface area contributed by atoms with Crippen LogP contribution in [0.2, 0.25) is 0 Å². The van der Waals surface area contributed by atoms with Gasteiger partial charge in [-0.25, -0.2) is 0 Å². The first-order valence-electron chi connectivity index (χ1n) is 3.71. The molecule has 0 fully saturated rings. The standard InChI is InChI=1S/C7H15O4.Al/c1-5-6(8)7(9-2,10-3)11-4;/h6H,5H2,1-4H3;/q-1;+1. The molecule has 1 unspecified atom stereocenters. The van der Waals surface area contributed by atoms with E-state index in [9.17, 15) is 0 Å². The Kier molecular flexibility index (Phi) is 6.11. The highest BCUT2D eigenvalue weighted by Gasteiger charge is 2.38. The lowest BCUT2D eigenvalue weighted by Gasteiger charge is -2.35. The van der Waals surface area contributed by atoms with Gasteiger partial charge in [0.15, 0.2) is 0 Å². The summed E-state index contributed by atoms with van der Waals surface area (Å²) in [7, 11) is 4.54. The first-order chi connectivity index (χ1) is 5.70. The fourth-order valence-electron chi connectivity index (χ4n) is 1.07. The quantitative estimate of drug-likeness (QED) is 0.450. The number of rotatable bonds is 6. The lowest BCUT2D eigenvalue weighted by atomic mass is 10.2. The summed E-state index contributed by atoms with van der Waals surface area (Å²) in [6, 6.07) is 0. The van der Waals surface area contributed by atoms with Crippen LogP contribution < -0.4 is 0 Å². The topological polar surface area (TPSA) is 36.9 Å². The van der Waals surface area contributed by atoms with Gasteiger partial charge in [0.2, 0.25) is 0 Å². The van der Waals surface area contributed by atoms with Crippen molar-refractivity contribution >= 4 is 16.6 Å². The Morgan fingerprint density at radius 2 is 1.58 bits per heavy atom. The van der Waals surface area contributed by atoms with E-state index >= 15 is 0 Å². The van der Waals surface area contributed by atoms with E-state index in [4.69, 9.17) is 18.0 Å². The fraction of sp³-hybridized carbons (Fsp3) is 1.00. The van der Waals surface area contributed by atoms with Crippen molar-refractivity contribution in [1.29, 1.82) is 0 Å². The molecule has 0 saturated heterocycles. The molecule has 70 valence electrons. The average Bonchev–Trinajstić information content (AvgIpc) is 2.14. The van der Waals surface area contributed by atoms with Gasteiger partial charge in [0, 0.05) is 21.3 Å². The largest absolute Gasteiger partial charge is 0.508 e. The summed E-state index contributed by atoms with van der Waals surface area (Å²) in [4.78, 5) is 0. The van der Waals surface area contributed by atoms with Crippen LogP contribution in [-0.2, 0) is 18.0 Å². The van der Waals surface area contributed by atoms with Gasteiger partial charge in [-0.15, -0.1) is 0 Å². The smallest absolute Gasteiger partial charge is 0.370 e. The van der Waals surface area contributed by atoms with Crippen LogP contribution in [0, 0.1) is 0 Å². The Labute approximate surface area is 81.9 Å². The Bertz CT molecular complexity index is 104. The minimum atomic E-state index is -1.10. The molecule has 0 aliphatic carbocycles. The molecule has 0 aromatic rings. The molecule has 5 heteroatoms. The van der Waals surface area contributed by atoms with Crippen molar-refractivity contribution in [3.8, 4) is 0 Å². The van der Waals surface area contributed by atoms with E-state index in [-0.39, 0.29) is 6.10 Å². The second kappa shape index (κ2) is 5.92. The van der Waals surface area contributed by atoms with Crippen molar-refractivity contribution in [2.24, 2.45) is 0 Å². The van der Waals surface area contributed by atoms with Gasteiger partial charge in [-0.3, -0.25) is 0 Å². The van der Waals surface area contributed by atoms with Crippen LogP contribution in [0.25, 0.3) is 0 Å². The highest BCUT2D eigenvalue weighted by atomic mass is 27.1. The minimum Gasteiger partial charge on any atom is -0.508 e. The molecule has 0 bridgehead atoms. The SMILES string of the molecule is CCC([O][Al])C(OC)(OC)OC. The first-order valence-corrected chi connectivity index (χ1v) is 4.18. The molecular formula is C7H15AlO4. The summed E-state index contributed by atoms with van der Waals surface area (Å²) < 4.78 is 20.4. The minimum absolute atomic E-state index is 0.262. The molecule has 4 nitrogen and oxygen atoms in total. The second-order valence-electron chi connectivity index (χ2n) is 2.25.